The summed E-state index contributed by atoms with van der Waals surface area (Å²) >= 11 is 0. The van der Waals surface area contributed by atoms with E-state index in [0.717, 1.165) is 32.2 Å². The van der Waals surface area contributed by atoms with Crippen molar-refractivity contribution in [1.29, 1.82) is 0 Å². The van der Waals surface area contributed by atoms with E-state index in [1.807, 2.05) is 0 Å². The molecule has 2 aliphatic heterocycles. The molecule has 3 fully saturated rings. The fraction of sp³-hybridized carbons (Fsp3) is 0.696. The van der Waals surface area contributed by atoms with Gasteiger partial charge in [0.1, 0.15) is 0 Å². The molecular weight excluding hydrogens is 374 g/mol. The summed E-state index contributed by atoms with van der Waals surface area (Å²) in [6.07, 6.45) is 3.43. The van der Waals surface area contributed by atoms with E-state index in [1.165, 1.54) is 0 Å². The SMILES string of the molecule is CCC1NCCC12CCN(C(=O)[C@](O)(c1ccccc1)[C@@H]1CCC(F)(F)C1)CC2. The molecule has 2 heterocycles. The number of hydrogen-bond donors (Lipinski definition) is 2. The summed E-state index contributed by atoms with van der Waals surface area (Å²) in [4.78, 5) is 15.3. The van der Waals surface area contributed by atoms with Gasteiger partial charge in [-0.25, -0.2) is 8.78 Å². The molecule has 160 valence electrons. The number of amides is 1. The monoisotopic (exact) mass is 406 g/mol. The van der Waals surface area contributed by atoms with Crippen molar-refractivity contribution in [3.63, 3.8) is 0 Å². The number of nitrogens with one attached hydrogen (secondary N) is 1. The second-order valence-electron chi connectivity index (χ2n) is 9.25. The average Bonchev–Trinajstić information content (AvgIpc) is 3.30. The van der Waals surface area contributed by atoms with Gasteiger partial charge in [0, 0.05) is 37.9 Å². The Bertz CT molecular complexity index is 734. The van der Waals surface area contributed by atoms with Crippen LogP contribution in [0.1, 0.15) is 57.4 Å². The lowest BCUT2D eigenvalue weighted by atomic mass is 9.71. The lowest BCUT2D eigenvalue weighted by molar-refractivity contribution is -0.163. The number of carbonyl (C=O) groups excluding carboxylic acids is 1. The van der Waals surface area contributed by atoms with Gasteiger partial charge in [0.05, 0.1) is 0 Å². The molecule has 2 N–H and O–H groups in total. The third-order valence-electron chi connectivity index (χ3n) is 7.74. The number of aliphatic hydroxyl groups is 1. The summed E-state index contributed by atoms with van der Waals surface area (Å²) in [7, 11) is 0. The molecule has 2 saturated heterocycles. The zero-order chi connectivity index (χ0) is 20.7. The van der Waals surface area contributed by atoms with Crippen LogP contribution in [0.4, 0.5) is 8.78 Å². The molecule has 4 nitrogen and oxygen atoms in total. The van der Waals surface area contributed by atoms with Crippen molar-refractivity contribution in [1.82, 2.24) is 10.2 Å². The molecule has 1 amide bonds. The van der Waals surface area contributed by atoms with Crippen molar-refractivity contribution in [2.75, 3.05) is 19.6 Å². The number of benzene rings is 1. The highest BCUT2D eigenvalue weighted by Crippen LogP contribution is 2.49. The molecular formula is C23H32F2N2O2. The molecule has 1 aromatic carbocycles. The van der Waals surface area contributed by atoms with Gasteiger partial charge >= 0.3 is 0 Å². The summed E-state index contributed by atoms with van der Waals surface area (Å²) < 4.78 is 28.0. The summed E-state index contributed by atoms with van der Waals surface area (Å²) in [6, 6.07) is 9.16. The summed E-state index contributed by atoms with van der Waals surface area (Å²) in [5, 5.41) is 15.2. The highest BCUT2D eigenvalue weighted by Gasteiger charge is 2.55. The first-order chi connectivity index (χ1) is 13.8. The normalized spacial score (nSPS) is 30.4. The van der Waals surface area contributed by atoms with Crippen LogP contribution >= 0.6 is 0 Å². The van der Waals surface area contributed by atoms with Crippen LogP contribution < -0.4 is 5.32 Å². The van der Waals surface area contributed by atoms with Crippen LogP contribution in [0.3, 0.4) is 0 Å². The number of halogens is 2. The van der Waals surface area contributed by atoms with Gasteiger partial charge in [-0.2, -0.15) is 0 Å². The molecule has 1 saturated carbocycles. The number of rotatable bonds is 4. The summed E-state index contributed by atoms with van der Waals surface area (Å²) in [5.41, 5.74) is -1.23. The minimum Gasteiger partial charge on any atom is -0.375 e. The maximum absolute atomic E-state index is 14.0. The van der Waals surface area contributed by atoms with Gasteiger partial charge in [-0.15, -0.1) is 0 Å². The summed E-state index contributed by atoms with van der Waals surface area (Å²) in [5.74, 6) is -3.98. The van der Waals surface area contributed by atoms with Crippen LogP contribution in [0.25, 0.3) is 0 Å². The van der Waals surface area contributed by atoms with Crippen molar-refractivity contribution in [2.45, 2.75) is 69.4 Å². The molecule has 1 aromatic rings. The summed E-state index contributed by atoms with van der Waals surface area (Å²) in [6.45, 7) is 4.36. The number of nitrogens with zero attached hydrogens (tertiary/aromatic N) is 1. The Balaban J connectivity index is 1.57. The molecule has 4 rings (SSSR count). The van der Waals surface area contributed by atoms with E-state index in [0.29, 0.717) is 24.7 Å². The topological polar surface area (TPSA) is 52.6 Å². The molecule has 3 aliphatic rings. The van der Waals surface area contributed by atoms with Crippen LogP contribution in [0.5, 0.6) is 0 Å². The zero-order valence-electron chi connectivity index (χ0n) is 17.2. The maximum Gasteiger partial charge on any atom is 0.259 e. The van der Waals surface area contributed by atoms with Gasteiger partial charge < -0.3 is 15.3 Å². The van der Waals surface area contributed by atoms with E-state index in [4.69, 9.17) is 0 Å². The van der Waals surface area contributed by atoms with E-state index in [9.17, 15) is 18.7 Å². The third-order valence-corrected chi connectivity index (χ3v) is 7.74. The Labute approximate surface area is 171 Å². The van der Waals surface area contributed by atoms with Gasteiger partial charge in [-0.3, -0.25) is 4.79 Å². The Hall–Kier alpha value is -1.53. The van der Waals surface area contributed by atoms with Crippen molar-refractivity contribution >= 4 is 5.91 Å². The van der Waals surface area contributed by atoms with Crippen LogP contribution in [0.15, 0.2) is 30.3 Å². The quantitative estimate of drug-likeness (QED) is 0.802. The van der Waals surface area contributed by atoms with Crippen molar-refractivity contribution in [3.05, 3.63) is 35.9 Å². The molecule has 0 radical (unpaired) electrons. The minimum atomic E-state index is -2.82. The Kier molecular flexibility index (Phi) is 5.45. The Morgan fingerprint density at radius 1 is 1.21 bits per heavy atom. The first-order valence-electron chi connectivity index (χ1n) is 11.0. The molecule has 0 bridgehead atoms. The number of carbonyl (C=O) groups is 1. The predicted octanol–water partition coefficient (Wildman–Crippen LogP) is 3.69. The van der Waals surface area contributed by atoms with E-state index >= 15 is 0 Å². The van der Waals surface area contributed by atoms with E-state index in [-0.39, 0.29) is 18.3 Å². The molecule has 0 aromatic heterocycles. The van der Waals surface area contributed by atoms with Gasteiger partial charge in [0.15, 0.2) is 5.60 Å². The average molecular weight is 407 g/mol. The van der Waals surface area contributed by atoms with E-state index in [1.54, 1.807) is 35.2 Å². The van der Waals surface area contributed by atoms with Crippen molar-refractivity contribution in [2.24, 2.45) is 11.3 Å². The minimum absolute atomic E-state index is 0.156. The van der Waals surface area contributed by atoms with Gasteiger partial charge in [0.25, 0.3) is 5.91 Å². The van der Waals surface area contributed by atoms with Crippen molar-refractivity contribution < 1.29 is 18.7 Å². The zero-order valence-corrected chi connectivity index (χ0v) is 17.2. The van der Waals surface area contributed by atoms with Crippen LogP contribution in [0, 0.1) is 11.3 Å². The van der Waals surface area contributed by atoms with Crippen molar-refractivity contribution in [3.8, 4) is 0 Å². The number of likely N-dealkylation sites (tertiary alicyclic amines) is 1. The van der Waals surface area contributed by atoms with E-state index in [2.05, 4.69) is 12.2 Å². The number of alkyl halides is 2. The fourth-order valence-electron chi connectivity index (χ4n) is 5.99. The van der Waals surface area contributed by atoms with E-state index < -0.39 is 29.8 Å². The first-order valence-corrected chi connectivity index (χ1v) is 11.0. The first kappa shape index (κ1) is 20.7. The standard InChI is InChI=1S/C23H32F2N2O2/c1-2-19-21(10-13-26-19)11-14-27(15-12-21)20(28)23(29,17-6-4-3-5-7-17)18-8-9-22(24,25)16-18/h3-7,18-19,26,29H,2,8-16H2,1H3/t18-,19?,23+/m1/s1. The van der Waals surface area contributed by atoms with Crippen LogP contribution in [-0.4, -0.2) is 47.5 Å². The molecule has 29 heavy (non-hydrogen) atoms. The van der Waals surface area contributed by atoms with Gasteiger partial charge in [-0.05, 0) is 49.6 Å². The Morgan fingerprint density at radius 2 is 1.90 bits per heavy atom. The Morgan fingerprint density at radius 3 is 2.48 bits per heavy atom. The highest BCUT2D eigenvalue weighted by atomic mass is 19.3. The third kappa shape index (κ3) is 3.59. The lowest BCUT2D eigenvalue weighted by Gasteiger charge is -2.45. The van der Waals surface area contributed by atoms with Gasteiger partial charge in [-0.1, -0.05) is 37.3 Å². The number of hydrogen-bond acceptors (Lipinski definition) is 3. The lowest BCUT2D eigenvalue weighted by Crippen LogP contribution is -2.55. The maximum atomic E-state index is 14.0. The van der Waals surface area contributed by atoms with Crippen LogP contribution in [0.2, 0.25) is 0 Å². The molecule has 1 spiro atoms. The van der Waals surface area contributed by atoms with Gasteiger partial charge in [0.2, 0.25) is 5.92 Å². The molecule has 3 atom stereocenters. The fourth-order valence-corrected chi connectivity index (χ4v) is 5.99. The second kappa shape index (κ2) is 7.62. The largest absolute Gasteiger partial charge is 0.375 e. The predicted molar refractivity (Wildman–Crippen MR) is 108 cm³/mol. The molecule has 1 unspecified atom stereocenters. The molecule has 6 heteroatoms. The highest BCUT2D eigenvalue weighted by molar-refractivity contribution is 5.87. The van der Waals surface area contributed by atoms with Crippen LogP contribution in [-0.2, 0) is 10.4 Å². The number of piperidine rings is 1. The smallest absolute Gasteiger partial charge is 0.259 e. The molecule has 1 aliphatic carbocycles. The second-order valence-corrected chi connectivity index (χ2v) is 9.25.